The molecule has 0 unspecified atom stereocenters. The van der Waals surface area contributed by atoms with Crippen molar-refractivity contribution in [2.45, 2.75) is 19.5 Å². The molecule has 7 heteroatoms. The number of carbonyl (C=O) groups is 2. The second-order valence-electron chi connectivity index (χ2n) is 7.79. The second kappa shape index (κ2) is 8.89. The Labute approximate surface area is 185 Å². The number of carbonyl (C=O) groups excluding carboxylic acids is 2. The molecule has 5 nitrogen and oxygen atoms in total. The molecule has 0 aliphatic carbocycles. The van der Waals surface area contributed by atoms with Crippen LogP contribution in [0.4, 0.5) is 10.1 Å². The van der Waals surface area contributed by atoms with Gasteiger partial charge in [-0.1, -0.05) is 12.1 Å². The molecule has 1 aromatic heterocycles. The van der Waals surface area contributed by atoms with E-state index in [0.29, 0.717) is 36.5 Å². The zero-order valence-corrected chi connectivity index (χ0v) is 18.3. The van der Waals surface area contributed by atoms with Gasteiger partial charge in [0, 0.05) is 49.9 Å². The third-order valence-corrected chi connectivity index (χ3v) is 6.61. The van der Waals surface area contributed by atoms with Crippen LogP contribution in [0.5, 0.6) is 0 Å². The second-order valence-corrected chi connectivity index (χ2v) is 8.92. The van der Waals surface area contributed by atoms with E-state index in [0.717, 1.165) is 21.7 Å². The van der Waals surface area contributed by atoms with Crippen molar-refractivity contribution >= 4 is 28.8 Å². The molecule has 0 atom stereocenters. The maximum Gasteiger partial charge on any atom is 0.261 e. The van der Waals surface area contributed by atoms with Crippen molar-refractivity contribution in [2.75, 3.05) is 25.5 Å². The Morgan fingerprint density at radius 2 is 1.81 bits per heavy atom. The lowest BCUT2D eigenvalue weighted by Gasteiger charge is -2.27. The molecule has 2 heterocycles. The van der Waals surface area contributed by atoms with Gasteiger partial charge >= 0.3 is 0 Å². The van der Waals surface area contributed by atoms with Crippen LogP contribution in [0.15, 0.2) is 54.6 Å². The fourth-order valence-corrected chi connectivity index (χ4v) is 4.65. The van der Waals surface area contributed by atoms with Gasteiger partial charge in [0.05, 0.1) is 4.88 Å². The zero-order valence-electron chi connectivity index (χ0n) is 17.5. The van der Waals surface area contributed by atoms with E-state index in [1.165, 1.54) is 35.6 Å². The molecule has 1 aliphatic heterocycles. The van der Waals surface area contributed by atoms with Gasteiger partial charge in [0.15, 0.2) is 0 Å². The summed E-state index contributed by atoms with van der Waals surface area (Å²) < 4.78 is 13.1. The topological polar surface area (TPSA) is 52.7 Å². The fraction of sp³-hybridized carbons (Fsp3) is 0.250. The van der Waals surface area contributed by atoms with Crippen LogP contribution in [-0.4, -0.2) is 37.4 Å². The van der Waals surface area contributed by atoms with Gasteiger partial charge in [-0.3, -0.25) is 9.59 Å². The van der Waals surface area contributed by atoms with Crippen LogP contribution in [-0.2, 0) is 19.5 Å². The predicted molar refractivity (Wildman–Crippen MR) is 121 cm³/mol. The number of hydrogen-bond acceptors (Lipinski definition) is 4. The molecule has 4 rings (SSSR count). The third-order valence-electron chi connectivity index (χ3n) is 5.37. The lowest BCUT2D eigenvalue weighted by atomic mass is 10.1. The minimum atomic E-state index is -0.361. The lowest BCUT2D eigenvalue weighted by Crippen LogP contribution is -2.35. The Morgan fingerprint density at radius 1 is 1.10 bits per heavy atom. The van der Waals surface area contributed by atoms with Crippen LogP contribution in [0.3, 0.4) is 0 Å². The summed E-state index contributed by atoms with van der Waals surface area (Å²) >= 11 is 1.49. The molecule has 0 bridgehead atoms. The van der Waals surface area contributed by atoms with Crippen molar-refractivity contribution in [1.29, 1.82) is 0 Å². The van der Waals surface area contributed by atoms with Gasteiger partial charge in [0.2, 0.25) is 0 Å². The summed E-state index contributed by atoms with van der Waals surface area (Å²) in [7, 11) is 3.98. The summed E-state index contributed by atoms with van der Waals surface area (Å²) in [6, 6.07) is 15.6. The van der Waals surface area contributed by atoms with E-state index in [2.05, 4.69) is 5.32 Å². The summed E-state index contributed by atoms with van der Waals surface area (Å²) in [5, 5.41) is 2.98. The first-order chi connectivity index (χ1) is 14.9. The maximum absolute atomic E-state index is 13.1. The van der Waals surface area contributed by atoms with Crippen LogP contribution in [0.25, 0.3) is 0 Å². The summed E-state index contributed by atoms with van der Waals surface area (Å²) in [5.74, 6) is -0.587. The van der Waals surface area contributed by atoms with Crippen LogP contribution in [0.2, 0.25) is 0 Å². The molecular weight excluding hydrogens is 413 g/mol. The van der Waals surface area contributed by atoms with Gasteiger partial charge in [-0.25, -0.2) is 4.39 Å². The maximum atomic E-state index is 13.1. The molecule has 0 spiro atoms. The van der Waals surface area contributed by atoms with Crippen molar-refractivity contribution in [3.8, 4) is 0 Å². The zero-order chi connectivity index (χ0) is 22.0. The first-order valence-corrected chi connectivity index (χ1v) is 10.9. The Bertz CT molecular complexity index is 1090. The predicted octanol–water partition coefficient (Wildman–Crippen LogP) is 4.08. The molecule has 1 N–H and O–H groups in total. The molecule has 2 aromatic carbocycles. The first-order valence-electron chi connectivity index (χ1n) is 10.1. The molecule has 0 saturated carbocycles. The molecule has 2 amide bonds. The Balaban J connectivity index is 1.38. The van der Waals surface area contributed by atoms with E-state index >= 15 is 0 Å². The highest BCUT2D eigenvalue weighted by atomic mass is 32.1. The van der Waals surface area contributed by atoms with E-state index in [-0.39, 0.29) is 17.6 Å². The molecule has 31 heavy (non-hydrogen) atoms. The van der Waals surface area contributed by atoms with Gasteiger partial charge in [0.25, 0.3) is 11.8 Å². The molecule has 0 fully saturated rings. The van der Waals surface area contributed by atoms with Crippen LogP contribution in [0.1, 0.15) is 36.0 Å². The number of nitrogens with one attached hydrogen (secondary N) is 1. The molecule has 0 radical (unpaired) electrons. The molecular formula is C24H24FN3O2S. The SMILES string of the molecule is CN(C)c1ccc(CNC(=O)c2cc3c(s2)CCN(C(=O)c2ccc(F)cc2)C3)cc1. The average Bonchev–Trinajstić information content (AvgIpc) is 3.21. The Morgan fingerprint density at radius 3 is 2.48 bits per heavy atom. The van der Waals surface area contributed by atoms with E-state index in [1.54, 1.807) is 4.90 Å². The minimum Gasteiger partial charge on any atom is -0.378 e. The van der Waals surface area contributed by atoms with E-state index in [4.69, 9.17) is 0 Å². The van der Waals surface area contributed by atoms with E-state index < -0.39 is 0 Å². The average molecular weight is 438 g/mol. The first kappa shape index (κ1) is 21.1. The van der Waals surface area contributed by atoms with Gasteiger partial charge in [0.1, 0.15) is 5.82 Å². The van der Waals surface area contributed by atoms with Gasteiger partial charge in [-0.2, -0.15) is 0 Å². The summed E-state index contributed by atoms with van der Waals surface area (Å²) in [5.41, 5.74) is 3.63. The highest BCUT2D eigenvalue weighted by molar-refractivity contribution is 7.14. The smallest absolute Gasteiger partial charge is 0.261 e. The number of halogens is 1. The number of anilines is 1. The summed E-state index contributed by atoms with van der Waals surface area (Å²) in [4.78, 5) is 30.9. The van der Waals surface area contributed by atoms with E-state index in [1.807, 2.05) is 49.3 Å². The number of benzene rings is 2. The number of hydrogen-bond donors (Lipinski definition) is 1. The number of nitrogens with zero attached hydrogens (tertiary/aromatic N) is 2. The third kappa shape index (κ3) is 4.77. The fourth-order valence-electron chi connectivity index (χ4n) is 3.57. The highest BCUT2D eigenvalue weighted by Crippen LogP contribution is 2.29. The number of thiophene rings is 1. The molecule has 3 aromatic rings. The highest BCUT2D eigenvalue weighted by Gasteiger charge is 2.25. The summed E-state index contributed by atoms with van der Waals surface area (Å²) in [6.45, 7) is 1.51. The van der Waals surface area contributed by atoms with Crippen LogP contribution in [0, 0.1) is 5.82 Å². The van der Waals surface area contributed by atoms with Crippen molar-refractivity contribution in [1.82, 2.24) is 10.2 Å². The minimum absolute atomic E-state index is 0.104. The van der Waals surface area contributed by atoms with Crippen molar-refractivity contribution < 1.29 is 14.0 Å². The Hall–Kier alpha value is -3.19. The number of fused-ring (bicyclic) bond motifs is 1. The number of amides is 2. The Kier molecular flexibility index (Phi) is 6.04. The van der Waals surface area contributed by atoms with Crippen LogP contribution >= 0.6 is 11.3 Å². The van der Waals surface area contributed by atoms with E-state index in [9.17, 15) is 14.0 Å². The quantitative estimate of drug-likeness (QED) is 0.654. The van der Waals surface area contributed by atoms with Crippen molar-refractivity contribution in [2.24, 2.45) is 0 Å². The molecule has 160 valence electrons. The largest absolute Gasteiger partial charge is 0.378 e. The van der Waals surface area contributed by atoms with Crippen molar-refractivity contribution in [3.63, 3.8) is 0 Å². The molecule has 0 saturated heterocycles. The van der Waals surface area contributed by atoms with Gasteiger partial charge < -0.3 is 15.1 Å². The summed E-state index contributed by atoms with van der Waals surface area (Å²) in [6.07, 6.45) is 0.714. The molecule has 1 aliphatic rings. The van der Waals surface area contributed by atoms with Crippen molar-refractivity contribution in [3.05, 3.63) is 86.9 Å². The standard InChI is InChI=1S/C24H24FN3O2S/c1-27(2)20-9-3-16(4-10-20)14-26-23(29)22-13-18-15-28(12-11-21(18)31-22)24(30)17-5-7-19(25)8-6-17/h3-10,13H,11-12,14-15H2,1-2H3,(H,26,29). The van der Waals surface area contributed by atoms with Gasteiger partial charge in [-0.05, 0) is 60.0 Å². The normalized spacial score (nSPS) is 12.9. The lowest BCUT2D eigenvalue weighted by molar-refractivity contribution is 0.0735. The van der Waals surface area contributed by atoms with Crippen LogP contribution < -0.4 is 10.2 Å². The number of rotatable bonds is 5. The monoisotopic (exact) mass is 437 g/mol. The van der Waals surface area contributed by atoms with Gasteiger partial charge in [-0.15, -0.1) is 11.3 Å².